The number of likely N-dealkylation sites (N-methyl/N-ethyl adjacent to an activating group) is 1. The third-order valence-corrected chi connectivity index (χ3v) is 4.08. The van der Waals surface area contributed by atoms with E-state index in [2.05, 4.69) is 10.6 Å². The van der Waals surface area contributed by atoms with Crippen molar-refractivity contribution in [3.05, 3.63) is 48.0 Å². The van der Waals surface area contributed by atoms with Gasteiger partial charge in [-0.2, -0.15) is 0 Å². The minimum atomic E-state index is -0.607. The van der Waals surface area contributed by atoms with Crippen molar-refractivity contribution >= 4 is 17.6 Å². The molecule has 0 bridgehead atoms. The number of methoxy groups -OCH3 is 1. The molecule has 0 saturated carbocycles. The summed E-state index contributed by atoms with van der Waals surface area (Å²) < 4.78 is 16.2. The third-order valence-electron chi connectivity index (χ3n) is 4.08. The van der Waals surface area contributed by atoms with Crippen LogP contribution in [0.3, 0.4) is 0 Å². The van der Waals surface area contributed by atoms with E-state index in [4.69, 9.17) is 14.2 Å². The Morgan fingerprint density at radius 2 is 1.63 bits per heavy atom. The van der Waals surface area contributed by atoms with E-state index in [9.17, 15) is 9.59 Å². The Kier molecular flexibility index (Phi) is 8.96. The number of nitrogens with one attached hydrogen (secondary N) is 2. The fourth-order valence-corrected chi connectivity index (χ4v) is 2.80. The minimum absolute atomic E-state index is 0.0763. The van der Waals surface area contributed by atoms with Gasteiger partial charge in [0.05, 0.1) is 26.9 Å². The van der Waals surface area contributed by atoms with Gasteiger partial charge in [-0.3, -0.25) is 15.0 Å². The summed E-state index contributed by atoms with van der Waals surface area (Å²) in [7, 11) is 3.42. The Morgan fingerprint density at radius 3 is 2.27 bits per heavy atom. The van der Waals surface area contributed by atoms with Crippen molar-refractivity contribution in [3.63, 3.8) is 0 Å². The lowest BCUT2D eigenvalue weighted by molar-refractivity contribution is -0.120. The number of ether oxygens (including phenoxy) is 3. The van der Waals surface area contributed by atoms with Gasteiger partial charge in [-0.25, -0.2) is 4.79 Å². The molecule has 8 nitrogen and oxygen atoms in total. The zero-order chi connectivity index (χ0) is 21.9. The Balaban J connectivity index is 1.86. The summed E-state index contributed by atoms with van der Waals surface area (Å²) in [6.07, 6.45) is 0. The molecule has 0 unspecified atom stereocenters. The van der Waals surface area contributed by atoms with E-state index in [-0.39, 0.29) is 6.54 Å². The highest BCUT2D eigenvalue weighted by Crippen LogP contribution is 2.30. The summed E-state index contributed by atoms with van der Waals surface area (Å²) in [6, 6.07) is 12.1. The van der Waals surface area contributed by atoms with Crippen molar-refractivity contribution in [1.82, 2.24) is 10.2 Å². The number of nitrogens with zero attached hydrogens (tertiary/aromatic N) is 1. The summed E-state index contributed by atoms with van der Waals surface area (Å²) >= 11 is 0. The molecule has 2 aromatic carbocycles. The highest BCUT2D eigenvalue weighted by molar-refractivity contribution is 6.01. The molecule has 8 heteroatoms. The molecule has 2 rings (SSSR count). The zero-order valence-corrected chi connectivity index (χ0v) is 17.9. The molecule has 0 aliphatic heterocycles. The van der Waals surface area contributed by atoms with Gasteiger partial charge in [-0.1, -0.05) is 12.1 Å². The topological polar surface area (TPSA) is 89.1 Å². The number of amides is 3. The SMILES string of the molecule is CCOc1ccc(NC(=O)NC(=O)CN(C)Cc2ccc(OC)cc2)cc1OCC. The van der Waals surface area contributed by atoms with Gasteiger partial charge in [0.1, 0.15) is 5.75 Å². The first-order valence-electron chi connectivity index (χ1n) is 9.77. The summed E-state index contributed by atoms with van der Waals surface area (Å²) in [5.41, 5.74) is 1.53. The van der Waals surface area contributed by atoms with Gasteiger partial charge in [0, 0.05) is 18.3 Å². The Labute approximate surface area is 177 Å². The van der Waals surface area contributed by atoms with E-state index in [1.165, 1.54) is 0 Å². The normalized spacial score (nSPS) is 10.4. The number of rotatable bonds is 10. The molecule has 2 N–H and O–H groups in total. The van der Waals surface area contributed by atoms with Crippen LogP contribution in [-0.4, -0.2) is 50.8 Å². The first kappa shape index (κ1) is 23.0. The van der Waals surface area contributed by atoms with Gasteiger partial charge >= 0.3 is 6.03 Å². The van der Waals surface area contributed by atoms with E-state index in [1.807, 2.05) is 50.1 Å². The number of hydrogen-bond acceptors (Lipinski definition) is 6. The second-order valence-corrected chi connectivity index (χ2v) is 6.55. The molecule has 0 fully saturated rings. The Bertz CT molecular complexity index is 839. The van der Waals surface area contributed by atoms with Gasteiger partial charge in [-0.15, -0.1) is 0 Å². The zero-order valence-electron chi connectivity index (χ0n) is 17.9. The lowest BCUT2D eigenvalue weighted by atomic mass is 10.2. The van der Waals surface area contributed by atoms with E-state index in [0.29, 0.717) is 36.9 Å². The molecule has 0 heterocycles. The van der Waals surface area contributed by atoms with Crippen molar-refractivity contribution in [3.8, 4) is 17.2 Å². The van der Waals surface area contributed by atoms with Gasteiger partial charge in [0.25, 0.3) is 0 Å². The third kappa shape index (κ3) is 7.29. The van der Waals surface area contributed by atoms with Crippen molar-refractivity contribution in [1.29, 1.82) is 0 Å². The predicted octanol–water partition coefficient (Wildman–Crippen LogP) is 3.27. The Hall–Kier alpha value is -3.26. The van der Waals surface area contributed by atoms with Crippen LogP contribution in [0.5, 0.6) is 17.2 Å². The lowest BCUT2D eigenvalue weighted by Gasteiger charge is -2.17. The van der Waals surface area contributed by atoms with Crippen LogP contribution in [-0.2, 0) is 11.3 Å². The van der Waals surface area contributed by atoms with Crippen molar-refractivity contribution in [2.24, 2.45) is 0 Å². The number of anilines is 1. The van der Waals surface area contributed by atoms with Crippen molar-refractivity contribution in [2.45, 2.75) is 20.4 Å². The molecule has 0 radical (unpaired) electrons. The number of carbonyl (C=O) groups excluding carboxylic acids is 2. The largest absolute Gasteiger partial charge is 0.497 e. The van der Waals surface area contributed by atoms with Crippen LogP contribution in [0.2, 0.25) is 0 Å². The fraction of sp³-hybridized carbons (Fsp3) is 0.364. The molecule has 0 aliphatic rings. The highest BCUT2D eigenvalue weighted by atomic mass is 16.5. The molecule has 2 aromatic rings. The minimum Gasteiger partial charge on any atom is -0.497 e. The highest BCUT2D eigenvalue weighted by Gasteiger charge is 2.13. The summed E-state index contributed by atoms with van der Waals surface area (Å²) in [5, 5.41) is 4.97. The molecule has 3 amide bonds. The van der Waals surface area contributed by atoms with Crippen LogP contribution in [0.4, 0.5) is 10.5 Å². The molecule has 0 atom stereocenters. The standard InChI is InChI=1S/C22H29N3O5/c1-5-29-19-12-9-17(13-20(19)30-6-2)23-22(27)24-21(26)15-25(3)14-16-7-10-18(28-4)11-8-16/h7-13H,5-6,14-15H2,1-4H3,(H2,23,24,26,27). The molecular formula is C22H29N3O5. The van der Waals surface area contributed by atoms with Crippen LogP contribution < -0.4 is 24.8 Å². The smallest absolute Gasteiger partial charge is 0.325 e. The van der Waals surface area contributed by atoms with Gasteiger partial charge in [0.15, 0.2) is 11.5 Å². The molecule has 0 aromatic heterocycles. The number of hydrogen-bond donors (Lipinski definition) is 2. The van der Waals surface area contributed by atoms with Crippen LogP contribution in [0, 0.1) is 0 Å². The molecule has 0 aliphatic carbocycles. The van der Waals surface area contributed by atoms with Crippen LogP contribution in [0.1, 0.15) is 19.4 Å². The second-order valence-electron chi connectivity index (χ2n) is 6.55. The van der Waals surface area contributed by atoms with Gasteiger partial charge < -0.3 is 19.5 Å². The van der Waals surface area contributed by atoms with E-state index >= 15 is 0 Å². The lowest BCUT2D eigenvalue weighted by Crippen LogP contribution is -2.40. The maximum atomic E-state index is 12.2. The predicted molar refractivity (Wildman–Crippen MR) is 115 cm³/mol. The molecule has 0 saturated heterocycles. The first-order valence-corrected chi connectivity index (χ1v) is 9.77. The summed E-state index contributed by atoms with van der Waals surface area (Å²) in [5.74, 6) is 1.50. The molecule has 162 valence electrons. The average Bonchev–Trinajstić information content (AvgIpc) is 2.70. The van der Waals surface area contributed by atoms with Crippen molar-refractivity contribution < 1.29 is 23.8 Å². The van der Waals surface area contributed by atoms with Gasteiger partial charge in [0.2, 0.25) is 5.91 Å². The van der Waals surface area contributed by atoms with Crippen LogP contribution >= 0.6 is 0 Å². The number of imide groups is 1. The number of benzene rings is 2. The fourth-order valence-electron chi connectivity index (χ4n) is 2.80. The quantitative estimate of drug-likeness (QED) is 0.619. The maximum Gasteiger partial charge on any atom is 0.325 e. The van der Waals surface area contributed by atoms with Crippen LogP contribution in [0.25, 0.3) is 0 Å². The first-order chi connectivity index (χ1) is 14.4. The summed E-state index contributed by atoms with van der Waals surface area (Å²) in [4.78, 5) is 26.2. The number of carbonyl (C=O) groups is 2. The average molecular weight is 415 g/mol. The number of urea groups is 1. The molecule has 0 spiro atoms. The molecule has 30 heavy (non-hydrogen) atoms. The van der Waals surface area contributed by atoms with E-state index in [1.54, 1.807) is 25.3 Å². The summed E-state index contributed by atoms with van der Waals surface area (Å²) in [6.45, 7) is 5.36. The van der Waals surface area contributed by atoms with E-state index in [0.717, 1.165) is 11.3 Å². The Morgan fingerprint density at radius 1 is 0.967 bits per heavy atom. The monoisotopic (exact) mass is 415 g/mol. The van der Waals surface area contributed by atoms with Crippen molar-refractivity contribution in [2.75, 3.05) is 39.2 Å². The second kappa shape index (κ2) is 11.7. The van der Waals surface area contributed by atoms with Crippen LogP contribution in [0.15, 0.2) is 42.5 Å². The van der Waals surface area contributed by atoms with E-state index < -0.39 is 11.9 Å². The van der Waals surface area contributed by atoms with Gasteiger partial charge in [-0.05, 0) is 50.7 Å². The molecular weight excluding hydrogens is 386 g/mol. The maximum absolute atomic E-state index is 12.2.